The number of guanidine groups is 1. The van der Waals surface area contributed by atoms with Gasteiger partial charge in [-0.2, -0.15) is 0 Å². The van der Waals surface area contributed by atoms with Gasteiger partial charge in [-0.25, -0.2) is 4.79 Å². The van der Waals surface area contributed by atoms with Crippen LogP contribution in [0.15, 0.2) is 29.3 Å². The van der Waals surface area contributed by atoms with E-state index in [1.54, 1.807) is 13.8 Å². The van der Waals surface area contributed by atoms with Crippen molar-refractivity contribution in [3.05, 3.63) is 29.8 Å². The SMILES string of the molecule is CC(C)C1NC(=O)[C@@H](NC(=O)CC(O)CCCCCCCCCCCCN=C(N)N)[C@@H](C)OC(=O)[C@@H](C)NC(=O)[C@@H](CC(=O)O)NC(=O)[C@@H]([C@@H](C)O)NC(=O)[C@H]([C@@H](C)O)NC(=O)C(Cc2ccc(O)cc2)NC1=O. The zero-order chi connectivity index (χ0) is 55.7. The summed E-state index contributed by atoms with van der Waals surface area (Å²) in [5, 5.41) is 68.1. The van der Waals surface area contributed by atoms with Crippen LogP contribution in [0.5, 0.6) is 5.75 Å². The minimum absolute atomic E-state index is 0.0927. The maximum atomic E-state index is 14.3. The standard InChI is InChI=1S/C49H80N10O15/c1-26(2)38-44(69)54-34(23-31-18-20-32(62)21-19-31)43(68)58-40(29(5)61)46(71)59-39(28(4)60)45(70)55-35(25-37(65)66)42(67)53-27(3)48(73)74-30(6)41(47(72)57-38)56-36(64)24-33(63)17-15-13-11-9-7-8-10-12-14-16-22-52-49(50)51/h18-21,26-30,33-35,38-41,60-63H,7-17,22-25H2,1-6H3,(H,53,67)(H,54,69)(H,55,70)(H,56,64)(H,57,72)(H,58,68)(H,59,71)(H,65,66)(H4,50,51,52)/t27-,28-,29-,30-,33?,34?,35-,38?,39-,40+,41+/m1/s1. The number of nitrogens with zero attached hydrogens (tertiary/aromatic N) is 1. The van der Waals surface area contributed by atoms with Gasteiger partial charge >= 0.3 is 11.9 Å². The number of ether oxygens (including phenoxy) is 1. The van der Waals surface area contributed by atoms with E-state index in [9.17, 15) is 68.7 Å². The van der Waals surface area contributed by atoms with Crippen molar-refractivity contribution in [2.24, 2.45) is 22.4 Å². The molecule has 2 rings (SSSR count). The number of benzene rings is 1. The third-order valence-corrected chi connectivity index (χ3v) is 12.1. The van der Waals surface area contributed by atoms with E-state index < -0.39 is 139 Å². The number of aromatic hydroxyl groups is 1. The van der Waals surface area contributed by atoms with Crippen LogP contribution in [0.25, 0.3) is 0 Å². The number of esters is 1. The molecule has 25 heteroatoms. The number of cyclic esters (lactones) is 1. The molecule has 1 saturated heterocycles. The molecule has 1 fully saturated rings. The van der Waals surface area contributed by atoms with E-state index in [1.807, 2.05) is 0 Å². The second-order valence-electron chi connectivity index (χ2n) is 19.2. The number of hydrogen-bond donors (Lipinski definition) is 14. The van der Waals surface area contributed by atoms with Crippen molar-refractivity contribution in [3.8, 4) is 5.75 Å². The molecule has 1 aromatic rings. The number of phenols is 1. The Labute approximate surface area is 431 Å². The van der Waals surface area contributed by atoms with Gasteiger partial charge in [-0.3, -0.25) is 43.3 Å². The van der Waals surface area contributed by atoms with Crippen molar-refractivity contribution in [2.75, 3.05) is 6.54 Å². The van der Waals surface area contributed by atoms with Gasteiger partial charge in [0.05, 0.1) is 31.2 Å². The molecule has 1 aromatic carbocycles. The number of aliphatic imine (C=N–C) groups is 1. The normalized spacial score (nSPS) is 24.2. The predicted octanol–water partition coefficient (Wildman–Crippen LogP) is -1.50. The highest BCUT2D eigenvalue weighted by atomic mass is 16.5. The summed E-state index contributed by atoms with van der Waals surface area (Å²) in [5.74, 6) is -11.1. The van der Waals surface area contributed by atoms with Crippen LogP contribution in [0.3, 0.4) is 0 Å². The number of nitrogens with one attached hydrogen (secondary N) is 7. The van der Waals surface area contributed by atoms with Crippen molar-refractivity contribution < 1.29 is 73.4 Å². The lowest BCUT2D eigenvalue weighted by Gasteiger charge is -2.31. The molecule has 7 amide bonds. The second-order valence-corrected chi connectivity index (χ2v) is 19.2. The predicted molar refractivity (Wildman–Crippen MR) is 269 cm³/mol. The smallest absolute Gasteiger partial charge is 0.328 e. The molecule has 25 nitrogen and oxygen atoms in total. The molecular formula is C49H80N10O15. The van der Waals surface area contributed by atoms with Gasteiger partial charge in [-0.15, -0.1) is 0 Å². The van der Waals surface area contributed by atoms with Gasteiger partial charge in [0, 0.05) is 13.0 Å². The second kappa shape index (κ2) is 32.6. The number of carboxylic acids is 1. The summed E-state index contributed by atoms with van der Waals surface area (Å²) in [5.41, 5.74) is 11.1. The maximum absolute atomic E-state index is 14.3. The van der Waals surface area contributed by atoms with Crippen molar-refractivity contribution in [2.45, 2.75) is 198 Å². The van der Waals surface area contributed by atoms with Crippen molar-refractivity contribution in [1.82, 2.24) is 37.2 Å². The maximum Gasteiger partial charge on any atom is 0.328 e. The number of rotatable bonds is 23. The Morgan fingerprint density at radius 2 is 1.12 bits per heavy atom. The van der Waals surface area contributed by atoms with Crippen LogP contribution in [0.2, 0.25) is 0 Å². The highest BCUT2D eigenvalue weighted by molar-refractivity contribution is 5.98. The number of carbonyl (C=O) groups excluding carboxylic acids is 8. The molecule has 0 radical (unpaired) electrons. The molecule has 0 saturated carbocycles. The Morgan fingerprint density at radius 1 is 0.649 bits per heavy atom. The van der Waals surface area contributed by atoms with E-state index in [4.69, 9.17) is 16.2 Å². The number of aliphatic hydroxyl groups excluding tert-OH is 3. The number of aliphatic hydroxyl groups is 3. The van der Waals surface area contributed by atoms with Crippen LogP contribution in [-0.4, -0.2) is 158 Å². The van der Waals surface area contributed by atoms with Gasteiger partial charge in [0.25, 0.3) is 0 Å². The van der Waals surface area contributed by atoms with E-state index in [2.05, 4.69) is 42.2 Å². The number of carbonyl (C=O) groups is 9. The Bertz CT molecular complexity index is 2050. The fraction of sp³-hybridized carbons (Fsp3) is 0.673. The number of unbranched alkanes of at least 4 members (excludes halogenated alkanes) is 9. The van der Waals surface area contributed by atoms with Crippen LogP contribution >= 0.6 is 0 Å². The van der Waals surface area contributed by atoms with Gasteiger partial charge in [-0.05, 0) is 64.2 Å². The van der Waals surface area contributed by atoms with Crippen LogP contribution < -0.4 is 48.7 Å². The first-order chi connectivity index (χ1) is 34.8. The summed E-state index contributed by atoms with van der Waals surface area (Å²) in [6.45, 7) is 8.32. The lowest BCUT2D eigenvalue weighted by molar-refractivity contribution is -0.156. The Morgan fingerprint density at radius 3 is 1.65 bits per heavy atom. The molecule has 0 bridgehead atoms. The van der Waals surface area contributed by atoms with Gasteiger partial charge in [0.15, 0.2) is 5.96 Å². The Balaban J connectivity index is 2.45. The molecule has 1 aliphatic rings. The van der Waals surface area contributed by atoms with Gasteiger partial charge < -0.3 is 79.0 Å². The summed E-state index contributed by atoms with van der Waals surface area (Å²) in [6.07, 6.45) is 2.07. The largest absolute Gasteiger partial charge is 0.508 e. The fourth-order valence-electron chi connectivity index (χ4n) is 7.85. The zero-order valence-corrected chi connectivity index (χ0v) is 43.3. The molecule has 0 spiro atoms. The molecule has 0 aliphatic carbocycles. The number of amides is 7. The van der Waals surface area contributed by atoms with Crippen LogP contribution in [0.1, 0.15) is 131 Å². The first-order valence-electron chi connectivity index (χ1n) is 25.2. The van der Waals surface area contributed by atoms with Crippen molar-refractivity contribution in [3.63, 3.8) is 0 Å². The first kappa shape index (κ1) is 63.5. The van der Waals surface area contributed by atoms with Gasteiger partial charge in [-0.1, -0.05) is 83.8 Å². The number of phenolic OH excluding ortho intramolecular Hbond substituents is 1. The summed E-state index contributed by atoms with van der Waals surface area (Å²) in [4.78, 5) is 126. The average molecular weight is 1050 g/mol. The topological polar surface area (TPSA) is 413 Å². The quantitative estimate of drug-likeness (QED) is 0.0257. The third kappa shape index (κ3) is 23.5. The van der Waals surface area contributed by atoms with Crippen LogP contribution in [0, 0.1) is 5.92 Å². The van der Waals surface area contributed by atoms with E-state index in [0.717, 1.165) is 78.6 Å². The summed E-state index contributed by atoms with van der Waals surface area (Å²) in [6, 6.07) is -6.55. The lowest BCUT2D eigenvalue weighted by atomic mass is 9.99. The molecule has 74 heavy (non-hydrogen) atoms. The third-order valence-electron chi connectivity index (χ3n) is 12.1. The Kier molecular flexibility index (Phi) is 27.9. The van der Waals surface area contributed by atoms with Crippen molar-refractivity contribution >= 4 is 59.2 Å². The lowest BCUT2D eigenvalue weighted by Crippen LogP contribution is -2.64. The van der Waals surface area contributed by atoms with Crippen LogP contribution in [0.4, 0.5) is 0 Å². The molecule has 1 aliphatic heterocycles. The molecule has 3 unspecified atom stereocenters. The zero-order valence-electron chi connectivity index (χ0n) is 43.3. The van der Waals surface area contributed by atoms with E-state index in [0.29, 0.717) is 18.5 Å². The summed E-state index contributed by atoms with van der Waals surface area (Å²) in [7, 11) is 0. The monoisotopic (exact) mass is 1050 g/mol. The van der Waals surface area contributed by atoms with E-state index in [-0.39, 0.29) is 24.6 Å². The first-order valence-corrected chi connectivity index (χ1v) is 25.2. The molecule has 416 valence electrons. The minimum atomic E-state index is -1.92. The minimum Gasteiger partial charge on any atom is -0.508 e. The number of hydrogen-bond acceptors (Lipinski definition) is 15. The van der Waals surface area contributed by atoms with E-state index in [1.165, 1.54) is 31.2 Å². The molecular weight excluding hydrogens is 969 g/mol. The summed E-state index contributed by atoms with van der Waals surface area (Å²) >= 11 is 0. The molecule has 11 atom stereocenters. The average Bonchev–Trinajstić information content (AvgIpc) is 3.31. The number of aliphatic carboxylic acids is 1. The van der Waals surface area contributed by atoms with Gasteiger partial charge in [0.1, 0.15) is 54.1 Å². The number of carboxylic acid groups (broad SMARTS) is 1. The van der Waals surface area contributed by atoms with Crippen LogP contribution in [-0.2, 0) is 54.3 Å². The molecule has 1 heterocycles. The fourth-order valence-corrected chi connectivity index (χ4v) is 7.85. The Hall–Kier alpha value is -6.60. The van der Waals surface area contributed by atoms with Crippen molar-refractivity contribution in [1.29, 1.82) is 0 Å². The molecule has 16 N–H and O–H groups in total. The number of nitrogens with two attached hydrogens (primary N) is 2. The van der Waals surface area contributed by atoms with E-state index >= 15 is 0 Å². The highest BCUT2D eigenvalue weighted by Gasteiger charge is 2.39. The summed E-state index contributed by atoms with van der Waals surface area (Å²) < 4.78 is 5.54. The molecule has 0 aromatic heterocycles. The van der Waals surface area contributed by atoms with Gasteiger partial charge in [0.2, 0.25) is 41.4 Å². The highest BCUT2D eigenvalue weighted by Crippen LogP contribution is 2.16.